The van der Waals surface area contributed by atoms with Gasteiger partial charge in [0.15, 0.2) is 0 Å². The first kappa shape index (κ1) is 25.3. The summed E-state index contributed by atoms with van der Waals surface area (Å²) in [6.45, 7) is 8.96. The smallest absolute Gasteiger partial charge is 0.335 e. The molecule has 2 rings (SSSR count). The van der Waals surface area contributed by atoms with E-state index >= 15 is 0 Å². The van der Waals surface area contributed by atoms with Crippen LogP contribution in [0.2, 0.25) is 0 Å². The van der Waals surface area contributed by atoms with Gasteiger partial charge >= 0.3 is 11.9 Å². The van der Waals surface area contributed by atoms with E-state index in [0.717, 1.165) is 0 Å². The SMILES string of the molecule is CC(O)C(C)(O)C(C)(C)C.O=C(O)c1ccccc1.O=C(O)c1ccccc1. The average molecular weight is 390 g/mol. The molecule has 28 heavy (non-hydrogen) atoms. The van der Waals surface area contributed by atoms with Crippen molar-refractivity contribution in [2.24, 2.45) is 5.41 Å². The Morgan fingerprint density at radius 2 is 1.04 bits per heavy atom. The zero-order valence-electron chi connectivity index (χ0n) is 17.0. The number of aliphatic hydroxyl groups excluding tert-OH is 1. The molecule has 0 fully saturated rings. The van der Waals surface area contributed by atoms with Crippen LogP contribution in [0, 0.1) is 5.41 Å². The molecule has 0 aliphatic rings. The highest BCUT2D eigenvalue weighted by atomic mass is 16.4. The van der Waals surface area contributed by atoms with Crippen LogP contribution in [0.15, 0.2) is 60.7 Å². The van der Waals surface area contributed by atoms with Gasteiger partial charge in [-0.15, -0.1) is 0 Å². The second-order valence-electron chi connectivity index (χ2n) is 7.42. The normalized spacial score (nSPS) is 13.5. The van der Waals surface area contributed by atoms with Crippen LogP contribution in [0.25, 0.3) is 0 Å². The van der Waals surface area contributed by atoms with Crippen LogP contribution in [0.4, 0.5) is 0 Å². The maximum atomic E-state index is 10.2. The molecule has 2 unspecified atom stereocenters. The monoisotopic (exact) mass is 390 g/mol. The van der Waals surface area contributed by atoms with E-state index in [1.54, 1.807) is 74.5 Å². The van der Waals surface area contributed by atoms with Gasteiger partial charge in [0.2, 0.25) is 0 Å². The summed E-state index contributed by atoms with van der Waals surface area (Å²) in [5.74, 6) is -1.76. The minimum atomic E-state index is -1.01. The number of carboxylic acids is 2. The fourth-order valence-electron chi connectivity index (χ4n) is 1.79. The molecular weight excluding hydrogens is 360 g/mol. The van der Waals surface area contributed by atoms with Gasteiger partial charge in [0.25, 0.3) is 0 Å². The summed E-state index contributed by atoms with van der Waals surface area (Å²) >= 11 is 0. The summed E-state index contributed by atoms with van der Waals surface area (Å²) in [6, 6.07) is 16.6. The van der Waals surface area contributed by atoms with Gasteiger partial charge in [-0.1, -0.05) is 57.2 Å². The predicted molar refractivity (Wildman–Crippen MR) is 109 cm³/mol. The molecule has 0 aromatic heterocycles. The third-order valence-corrected chi connectivity index (χ3v) is 4.37. The Hall–Kier alpha value is -2.70. The summed E-state index contributed by atoms with van der Waals surface area (Å²) in [7, 11) is 0. The van der Waals surface area contributed by atoms with E-state index in [-0.39, 0.29) is 5.41 Å². The maximum absolute atomic E-state index is 10.2. The van der Waals surface area contributed by atoms with Gasteiger partial charge in [0, 0.05) is 0 Å². The molecule has 4 N–H and O–H groups in total. The average Bonchev–Trinajstić information content (AvgIpc) is 2.63. The van der Waals surface area contributed by atoms with Gasteiger partial charge in [-0.25, -0.2) is 9.59 Å². The first-order valence-electron chi connectivity index (χ1n) is 8.77. The summed E-state index contributed by atoms with van der Waals surface area (Å²) in [5.41, 5.74) is -0.622. The number of carbonyl (C=O) groups is 2. The molecule has 2 atom stereocenters. The van der Waals surface area contributed by atoms with Gasteiger partial charge in [-0.05, 0) is 43.5 Å². The van der Waals surface area contributed by atoms with Crippen molar-refractivity contribution in [1.82, 2.24) is 0 Å². The van der Waals surface area contributed by atoms with Crippen LogP contribution in [-0.2, 0) is 0 Å². The third kappa shape index (κ3) is 8.79. The van der Waals surface area contributed by atoms with Crippen molar-refractivity contribution in [3.05, 3.63) is 71.8 Å². The molecular formula is C22H30O6. The van der Waals surface area contributed by atoms with Crippen LogP contribution in [0.5, 0.6) is 0 Å². The van der Waals surface area contributed by atoms with E-state index in [0.29, 0.717) is 11.1 Å². The fraction of sp³-hybridized carbons (Fsp3) is 0.364. The number of hydrogen-bond acceptors (Lipinski definition) is 4. The number of hydrogen-bond donors (Lipinski definition) is 4. The van der Waals surface area contributed by atoms with E-state index in [9.17, 15) is 14.7 Å². The Labute approximate surface area is 166 Å². The topological polar surface area (TPSA) is 115 Å². The van der Waals surface area contributed by atoms with E-state index in [4.69, 9.17) is 15.3 Å². The Balaban J connectivity index is 0.000000391. The van der Waals surface area contributed by atoms with Gasteiger partial charge in [-0.3, -0.25) is 0 Å². The van der Waals surface area contributed by atoms with Crippen molar-refractivity contribution in [2.45, 2.75) is 46.3 Å². The Morgan fingerprint density at radius 3 is 1.14 bits per heavy atom. The van der Waals surface area contributed by atoms with Crippen molar-refractivity contribution >= 4 is 11.9 Å². The number of aliphatic hydroxyl groups is 2. The van der Waals surface area contributed by atoms with E-state index in [1.165, 1.54) is 0 Å². The minimum absolute atomic E-state index is 0.277. The molecule has 0 saturated heterocycles. The van der Waals surface area contributed by atoms with Crippen molar-refractivity contribution in [1.29, 1.82) is 0 Å². The molecule has 0 amide bonds. The lowest BCUT2D eigenvalue weighted by atomic mass is 9.75. The molecule has 2 aromatic rings. The van der Waals surface area contributed by atoms with Crippen molar-refractivity contribution in [3.8, 4) is 0 Å². The quantitative estimate of drug-likeness (QED) is 0.631. The van der Waals surface area contributed by atoms with Gasteiger partial charge in [0.1, 0.15) is 0 Å². The third-order valence-electron chi connectivity index (χ3n) is 4.37. The molecule has 2 aromatic carbocycles. The zero-order chi connectivity index (χ0) is 22.0. The van der Waals surface area contributed by atoms with Crippen LogP contribution in [-0.4, -0.2) is 44.1 Å². The molecule has 6 nitrogen and oxygen atoms in total. The fourth-order valence-corrected chi connectivity index (χ4v) is 1.79. The molecule has 0 radical (unpaired) electrons. The van der Waals surface area contributed by atoms with Crippen molar-refractivity contribution in [3.63, 3.8) is 0 Å². The summed E-state index contributed by atoms with van der Waals surface area (Å²) < 4.78 is 0. The molecule has 0 aliphatic heterocycles. The van der Waals surface area contributed by atoms with E-state index < -0.39 is 23.6 Å². The lowest BCUT2D eigenvalue weighted by Gasteiger charge is -2.39. The molecule has 0 spiro atoms. The van der Waals surface area contributed by atoms with Gasteiger partial charge in [0.05, 0.1) is 22.8 Å². The first-order valence-corrected chi connectivity index (χ1v) is 8.77. The number of rotatable bonds is 3. The number of aromatic carboxylic acids is 2. The highest BCUT2D eigenvalue weighted by Crippen LogP contribution is 2.32. The van der Waals surface area contributed by atoms with Crippen LogP contribution in [0.3, 0.4) is 0 Å². The van der Waals surface area contributed by atoms with Crippen LogP contribution in [0.1, 0.15) is 55.3 Å². The van der Waals surface area contributed by atoms with Crippen molar-refractivity contribution < 1.29 is 30.0 Å². The van der Waals surface area contributed by atoms with Gasteiger partial charge < -0.3 is 20.4 Å². The van der Waals surface area contributed by atoms with Gasteiger partial charge in [-0.2, -0.15) is 0 Å². The second-order valence-corrected chi connectivity index (χ2v) is 7.42. The van der Waals surface area contributed by atoms with E-state index in [1.807, 2.05) is 20.8 Å². The number of carboxylic acid groups (broad SMARTS) is 2. The lowest BCUT2D eigenvalue weighted by Crippen LogP contribution is -2.48. The molecule has 0 bridgehead atoms. The predicted octanol–water partition coefficient (Wildman–Crippen LogP) is 3.93. The molecule has 6 heteroatoms. The lowest BCUT2D eigenvalue weighted by molar-refractivity contribution is -0.121. The Morgan fingerprint density at radius 1 is 0.750 bits per heavy atom. The standard InChI is InChI=1S/C8H18O2.2C7H6O2/c1-6(9)8(5,10)7(2,3)4;2*8-7(9)6-4-2-1-3-5-6/h6,9-10H,1-5H3;2*1-5H,(H,8,9). The molecule has 0 aliphatic carbocycles. The molecule has 154 valence electrons. The number of benzene rings is 2. The second kappa shape index (κ2) is 11.2. The maximum Gasteiger partial charge on any atom is 0.335 e. The van der Waals surface area contributed by atoms with Crippen LogP contribution < -0.4 is 0 Å². The summed E-state index contributed by atoms with van der Waals surface area (Å²) in [4.78, 5) is 20.4. The zero-order valence-corrected chi connectivity index (χ0v) is 17.0. The summed E-state index contributed by atoms with van der Waals surface area (Å²) in [5, 5.41) is 35.6. The van der Waals surface area contributed by atoms with Crippen LogP contribution >= 0.6 is 0 Å². The minimum Gasteiger partial charge on any atom is -0.478 e. The molecule has 0 heterocycles. The highest BCUT2D eigenvalue weighted by molar-refractivity contribution is 5.87. The largest absolute Gasteiger partial charge is 0.478 e. The highest BCUT2D eigenvalue weighted by Gasteiger charge is 2.39. The van der Waals surface area contributed by atoms with Crippen molar-refractivity contribution in [2.75, 3.05) is 0 Å². The molecule has 0 saturated carbocycles. The first-order chi connectivity index (χ1) is 12.8. The Kier molecular flexibility index (Phi) is 10.1. The summed E-state index contributed by atoms with van der Waals surface area (Å²) in [6.07, 6.45) is -0.688. The Bertz CT molecular complexity index is 666. The van der Waals surface area contributed by atoms with E-state index in [2.05, 4.69) is 0 Å².